The number of benzene rings is 2. The molecule has 3 aliphatic heterocycles. The minimum absolute atomic E-state index is 0.0530. The fraction of sp³-hybridized carbons (Fsp3) is 0.167. The van der Waals surface area contributed by atoms with Crippen molar-refractivity contribution in [3.8, 4) is 34.7 Å². The number of H-pyrrole nitrogens is 1. The summed E-state index contributed by atoms with van der Waals surface area (Å²) in [6, 6.07) is 14.2. The predicted octanol–water partition coefficient (Wildman–Crippen LogP) is 1.70. The normalized spacial score (nSPS) is 19.3. The maximum Gasteiger partial charge on any atom is 0.325 e. The summed E-state index contributed by atoms with van der Waals surface area (Å²) in [7, 11) is 1.24. The zero-order valence-corrected chi connectivity index (χ0v) is 18.3. The number of hydrogen-bond acceptors (Lipinski definition) is 9. The summed E-state index contributed by atoms with van der Waals surface area (Å²) in [6.45, 7) is -0.251. The molecule has 2 aromatic carbocycles. The lowest BCUT2D eigenvalue weighted by Gasteiger charge is -2.32. The van der Waals surface area contributed by atoms with Gasteiger partial charge in [-0.05, 0) is 24.3 Å². The number of nitrogens with one attached hydrogen (secondary N) is 1. The van der Waals surface area contributed by atoms with Crippen LogP contribution in [0.2, 0.25) is 0 Å². The van der Waals surface area contributed by atoms with E-state index in [1.165, 1.54) is 12.0 Å². The lowest BCUT2D eigenvalue weighted by atomic mass is 9.68. The van der Waals surface area contributed by atoms with Crippen molar-refractivity contribution in [1.82, 2.24) is 10.2 Å². The number of fused-ring (bicyclic) bond motifs is 5. The van der Waals surface area contributed by atoms with Crippen molar-refractivity contribution in [2.75, 3.05) is 25.3 Å². The molecular formula is C24H17N5O6. The molecule has 1 amide bonds. The highest BCUT2D eigenvalue weighted by atomic mass is 16.7. The first kappa shape index (κ1) is 20.6. The van der Waals surface area contributed by atoms with Gasteiger partial charge in [0.2, 0.25) is 24.5 Å². The molecule has 35 heavy (non-hydrogen) atoms. The Morgan fingerprint density at radius 3 is 2.89 bits per heavy atom. The van der Waals surface area contributed by atoms with Crippen molar-refractivity contribution in [2.45, 2.75) is 5.41 Å². The van der Waals surface area contributed by atoms with Crippen LogP contribution in [0.3, 0.4) is 0 Å². The first-order chi connectivity index (χ1) is 17.0. The number of rotatable bonds is 3. The van der Waals surface area contributed by atoms with Gasteiger partial charge in [0, 0.05) is 16.8 Å². The van der Waals surface area contributed by atoms with Gasteiger partial charge in [-0.3, -0.25) is 19.6 Å². The van der Waals surface area contributed by atoms with Crippen LogP contribution in [-0.2, 0) is 19.7 Å². The highest BCUT2D eigenvalue weighted by Gasteiger charge is 2.61. The monoisotopic (exact) mass is 471 g/mol. The van der Waals surface area contributed by atoms with Gasteiger partial charge in [0.15, 0.2) is 11.5 Å². The largest absolute Gasteiger partial charge is 0.468 e. The maximum atomic E-state index is 14.3. The van der Waals surface area contributed by atoms with Crippen molar-refractivity contribution < 1.29 is 28.5 Å². The molecule has 3 aromatic rings. The lowest BCUT2D eigenvalue weighted by molar-refractivity contribution is -0.140. The molecule has 0 bridgehead atoms. The van der Waals surface area contributed by atoms with Crippen molar-refractivity contribution in [3.63, 3.8) is 0 Å². The summed E-state index contributed by atoms with van der Waals surface area (Å²) in [5.74, 6) is -0.240. The zero-order valence-electron chi connectivity index (χ0n) is 18.3. The Balaban J connectivity index is 1.65. The van der Waals surface area contributed by atoms with Crippen LogP contribution < -0.4 is 24.8 Å². The fourth-order valence-corrected chi connectivity index (χ4v) is 4.90. The van der Waals surface area contributed by atoms with Crippen molar-refractivity contribution in [3.05, 3.63) is 65.0 Å². The summed E-state index contributed by atoms with van der Waals surface area (Å²) in [4.78, 5) is 27.8. The van der Waals surface area contributed by atoms with Crippen molar-refractivity contribution in [1.29, 1.82) is 5.26 Å². The van der Waals surface area contributed by atoms with Gasteiger partial charge in [-0.1, -0.05) is 18.2 Å². The molecule has 11 heteroatoms. The molecule has 1 spiro atoms. The number of amides is 1. The first-order valence-electron chi connectivity index (χ1n) is 10.6. The molecule has 3 aliphatic rings. The minimum Gasteiger partial charge on any atom is -0.468 e. The van der Waals surface area contributed by atoms with E-state index in [1.807, 2.05) is 0 Å². The number of methoxy groups -OCH3 is 1. The van der Waals surface area contributed by atoms with Crippen LogP contribution in [-0.4, -0.2) is 42.5 Å². The van der Waals surface area contributed by atoms with E-state index in [2.05, 4.69) is 16.3 Å². The number of nitrogens with two attached hydrogens (primary N) is 1. The van der Waals surface area contributed by atoms with Crippen LogP contribution in [0.5, 0.6) is 17.4 Å². The van der Waals surface area contributed by atoms with Crippen molar-refractivity contribution in [2.24, 2.45) is 5.73 Å². The first-order valence-corrected chi connectivity index (χ1v) is 10.6. The molecule has 1 atom stereocenters. The fourth-order valence-electron chi connectivity index (χ4n) is 4.90. The second-order valence-electron chi connectivity index (χ2n) is 8.03. The summed E-state index contributed by atoms with van der Waals surface area (Å²) < 4.78 is 21.4. The topological polar surface area (TPSA) is 153 Å². The highest BCUT2D eigenvalue weighted by Crippen LogP contribution is 2.57. The predicted molar refractivity (Wildman–Crippen MR) is 119 cm³/mol. The van der Waals surface area contributed by atoms with Gasteiger partial charge in [-0.2, -0.15) is 5.26 Å². The zero-order chi connectivity index (χ0) is 24.3. The van der Waals surface area contributed by atoms with Gasteiger partial charge < -0.3 is 24.7 Å². The average Bonchev–Trinajstić information content (AvgIpc) is 3.57. The van der Waals surface area contributed by atoms with E-state index in [0.29, 0.717) is 39.6 Å². The van der Waals surface area contributed by atoms with Gasteiger partial charge in [-0.25, -0.2) is 0 Å². The molecule has 174 valence electrons. The Bertz CT molecular complexity index is 1500. The molecular weight excluding hydrogens is 454 g/mol. The van der Waals surface area contributed by atoms with E-state index in [4.69, 9.17) is 24.7 Å². The number of esters is 1. The van der Waals surface area contributed by atoms with Crippen LogP contribution in [0.15, 0.2) is 53.9 Å². The molecule has 6 rings (SSSR count). The van der Waals surface area contributed by atoms with E-state index in [9.17, 15) is 14.9 Å². The Morgan fingerprint density at radius 2 is 2.09 bits per heavy atom. The third kappa shape index (κ3) is 2.61. The van der Waals surface area contributed by atoms with E-state index < -0.39 is 17.3 Å². The molecule has 0 saturated heterocycles. The number of hydrogen-bond donors (Lipinski definition) is 2. The third-order valence-corrected chi connectivity index (χ3v) is 6.39. The van der Waals surface area contributed by atoms with Gasteiger partial charge in [0.1, 0.15) is 23.6 Å². The number of para-hydroxylation sites is 1. The molecule has 1 aromatic heterocycles. The second-order valence-corrected chi connectivity index (χ2v) is 8.03. The van der Waals surface area contributed by atoms with Crippen molar-refractivity contribution >= 4 is 17.6 Å². The third-order valence-electron chi connectivity index (χ3n) is 6.39. The van der Waals surface area contributed by atoms with E-state index in [1.54, 1.807) is 42.5 Å². The number of nitrogens with zero attached hydrogens (tertiary/aromatic N) is 3. The molecule has 0 saturated carbocycles. The second kappa shape index (κ2) is 7.26. The molecule has 0 fully saturated rings. The van der Waals surface area contributed by atoms with Crippen LogP contribution >= 0.6 is 0 Å². The van der Waals surface area contributed by atoms with Crippen LogP contribution in [0, 0.1) is 11.3 Å². The Labute approximate surface area is 198 Å². The maximum absolute atomic E-state index is 14.3. The number of ether oxygens (including phenoxy) is 4. The van der Waals surface area contributed by atoms with Gasteiger partial charge in [-0.15, -0.1) is 5.10 Å². The number of aromatic nitrogens is 2. The van der Waals surface area contributed by atoms with E-state index in [0.717, 1.165) is 0 Å². The number of nitriles is 1. The van der Waals surface area contributed by atoms with Crippen LogP contribution in [0.25, 0.3) is 11.3 Å². The quantitative estimate of drug-likeness (QED) is 0.543. The van der Waals surface area contributed by atoms with E-state index >= 15 is 0 Å². The van der Waals surface area contributed by atoms with Gasteiger partial charge >= 0.3 is 5.97 Å². The van der Waals surface area contributed by atoms with Gasteiger partial charge in [0.25, 0.3) is 0 Å². The Kier molecular flexibility index (Phi) is 4.28. The van der Waals surface area contributed by atoms with Crippen LogP contribution in [0.4, 0.5) is 5.69 Å². The highest BCUT2D eigenvalue weighted by molar-refractivity contribution is 6.16. The number of carbonyl (C=O) groups is 2. The molecule has 0 radical (unpaired) electrons. The SMILES string of the molecule is COC(=O)CN1C(=O)C2(C(C#N)=C(N)Oc3n[nH]c(-c4ccc5c(c4)OCO5)c32)c2ccccc21. The Hall–Kier alpha value is -4.98. The standard InChI is InChI=1S/C24H17N5O6/c1-32-18(30)10-29-15-5-3-2-4-13(15)24(23(29)31)14(9-25)21(26)35-22-19(24)20(27-28-22)12-6-7-16-17(8-12)34-11-33-16/h2-8H,10-11,26H2,1H3,(H,27,28). The number of aromatic amines is 1. The molecule has 3 N–H and O–H groups in total. The summed E-state index contributed by atoms with van der Waals surface area (Å²) in [5, 5.41) is 17.4. The van der Waals surface area contributed by atoms with Crippen LogP contribution in [0.1, 0.15) is 11.1 Å². The average molecular weight is 471 g/mol. The molecule has 11 nitrogen and oxygen atoms in total. The minimum atomic E-state index is -1.70. The molecule has 0 aliphatic carbocycles. The Morgan fingerprint density at radius 1 is 1.29 bits per heavy atom. The summed E-state index contributed by atoms with van der Waals surface area (Å²) >= 11 is 0. The lowest BCUT2D eigenvalue weighted by Crippen LogP contribution is -2.47. The molecule has 4 heterocycles. The van der Waals surface area contributed by atoms with E-state index in [-0.39, 0.29) is 30.7 Å². The number of anilines is 1. The molecule has 1 unspecified atom stereocenters. The summed E-state index contributed by atoms with van der Waals surface area (Å²) in [5.41, 5.74) is 6.65. The smallest absolute Gasteiger partial charge is 0.325 e. The summed E-state index contributed by atoms with van der Waals surface area (Å²) in [6.07, 6.45) is 0. The van der Waals surface area contributed by atoms with Gasteiger partial charge in [0.05, 0.1) is 18.4 Å². The number of carbonyl (C=O) groups excluding carboxylic acids is 2.